The first-order valence-corrected chi connectivity index (χ1v) is 4.06. The highest BCUT2D eigenvalue weighted by Gasteiger charge is 2.12. The highest BCUT2D eigenvalue weighted by molar-refractivity contribution is 9.10. The Balaban J connectivity index is 3.62. The predicted octanol–water partition coefficient (Wildman–Crippen LogP) is 0.976. The molecule has 1 atom stereocenters. The van der Waals surface area contributed by atoms with Crippen molar-refractivity contribution >= 4 is 33.4 Å². The second-order valence-electron chi connectivity index (χ2n) is 1.55. The number of carbonyl (C=O) groups excluding carboxylic acids is 1. The van der Waals surface area contributed by atoms with Gasteiger partial charge >= 0.3 is 0 Å². The molecule has 1 amide bonds. The van der Waals surface area contributed by atoms with Crippen molar-refractivity contribution < 1.29 is 4.79 Å². The van der Waals surface area contributed by atoms with E-state index in [0.717, 1.165) is 0 Å². The number of rotatable bonds is 3. The number of carbonyl (C=O) groups is 1. The van der Waals surface area contributed by atoms with Gasteiger partial charge in [0.1, 0.15) is 0 Å². The lowest BCUT2D eigenvalue weighted by Gasteiger charge is -2.01. The SMILES string of the molecule is N#CNC(=O)C(Br)CCCl. The molecule has 0 spiro atoms. The van der Waals surface area contributed by atoms with Crippen molar-refractivity contribution in [3.63, 3.8) is 0 Å². The zero-order valence-electron chi connectivity index (χ0n) is 5.10. The number of hydrogen-bond acceptors (Lipinski definition) is 2. The Labute approximate surface area is 72.5 Å². The van der Waals surface area contributed by atoms with Crippen molar-refractivity contribution in [1.29, 1.82) is 5.26 Å². The minimum absolute atomic E-state index is 0.344. The van der Waals surface area contributed by atoms with Gasteiger partial charge in [0.05, 0.1) is 4.83 Å². The van der Waals surface area contributed by atoms with E-state index in [2.05, 4.69) is 15.9 Å². The Morgan fingerprint density at radius 3 is 2.90 bits per heavy atom. The van der Waals surface area contributed by atoms with Gasteiger partial charge in [-0.25, -0.2) is 0 Å². The van der Waals surface area contributed by atoms with Gasteiger partial charge in [-0.3, -0.25) is 10.1 Å². The van der Waals surface area contributed by atoms with Crippen LogP contribution in [0.2, 0.25) is 0 Å². The number of nitriles is 1. The number of hydrogen-bond donors (Lipinski definition) is 1. The van der Waals surface area contributed by atoms with Gasteiger partial charge in [0.25, 0.3) is 0 Å². The lowest BCUT2D eigenvalue weighted by atomic mass is 10.3. The molecule has 1 N–H and O–H groups in total. The number of nitrogens with one attached hydrogen (secondary N) is 1. The highest BCUT2D eigenvalue weighted by atomic mass is 79.9. The fraction of sp³-hybridized carbons (Fsp3) is 0.600. The molecular weight excluding hydrogens is 219 g/mol. The molecular formula is C5H6BrClN2O. The summed E-state index contributed by atoms with van der Waals surface area (Å²) >= 11 is 8.40. The van der Waals surface area contributed by atoms with Gasteiger partial charge in [-0.15, -0.1) is 11.6 Å². The van der Waals surface area contributed by atoms with E-state index in [1.165, 1.54) is 6.19 Å². The molecule has 0 aromatic rings. The first-order chi connectivity index (χ1) is 4.72. The van der Waals surface area contributed by atoms with Crippen LogP contribution in [0.15, 0.2) is 0 Å². The number of alkyl halides is 2. The van der Waals surface area contributed by atoms with E-state index in [9.17, 15) is 4.79 Å². The lowest BCUT2D eigenvalue weighted by molar-refractivity contribution is -0.119. The van der Waals surface area contributed by atoms with Crippen molar-refractivity contribution in [2.45, 2.75) is 11.2 Å². The van der Waals surface area contributed by atoms with Gasteiger partial charge < -0.3 is 0 Å². The molecule has 0 aromatic heterocycles. The lowest BCUT2D eigenvalue weighted by Crippen LogP contribution is -2.27. The molecule has 0 saturated carbocycles. The van der Waals surface area contributed by atoms with Gasteiger partial charge in [-0.2, -0.15) is 5.26 Å². The van der Waals surface area contributed by atoms with Crippen LogP contribution in [0.4, 0.5) is 0 Å². The molecule has 0 saturated heterocycles. The fourth-order valence-electron chi connectivity index (χ4n) is 0.360. The van der Waals surface area contributed by atoms with E-state index in [4.69, 9.17) is 16.9 Å². The van der Waals surface area contributed by atoms with E-state index in [1.54, 1.807) is 0 Å². The molecule has 0 heterocycles. The summed E-state index contributed by atoms with van der Waals surface area (Å²) in [7, 11) is 0. The molecule has 0 radical (unpaired) electrons. The van der Waals surface area contributed by atoms with Crippen molar-refractivity contribution in [1.82, 2.24) is 5.32 Å². The first-order valence-electron chi connectivity index (χ1n) is 2.61. The van der Waals surface area contributed by atoms with Gasteiger partial charge in [0.15, 0.2) is 6.19 Å². The zero-order valence-corrected chi connectivity index (χ0v) is 7.44. The van der Waals surface area contributed by atoms with Crippen LogP contribution in [-0.4, -0.2) is 16.6 Å². The van der Waals surface area contributed by atoms with Gasteiger partial charge in [-0.1, -0.05) is 15.9 Å². The Hall–Kier alpha value is -0.270. The van der Waals surface area contributed by atoms with E-state index < -0.39 is 0 Å². The van der Waals surface area contributed by atoms with Crippen LogP contribution < -0.4 is 5.32 Å². The number of halogens is 2. The monoisotopic (exact) mass is 224 g/mol. The molecule has 0 aliphatic heterocycles. The second-order valence-corrected chi connectivity index (χ2v) is 3.03. The van der Waals surface area contributed by atoms with Gasteiger partial charge in [-0.05, 0) is 6.42 Å². The second kappa shape index (κ2) is 5.51. The maximum absolute atomic E-state index is 10.7. The smallest absolute Gasteiger partial charge is 0.246 e. The van der Waals surface area contributed by atoms with Crippen LogP contribution in [0.25, 0.3) is 0 Å². The fourth-order valence-corrected chi connectivity index (χ4v) is 1.19. The largest absolute Gasteiger partial charge is 0.273 e. The standard InChI is InChI=1S/C5H6BrClN2O/c6-4(1-2-7)5(10)9-3-8/h4H,1-2H2,(H,9,10). The summed E-state index contributed by atoms with van der Waals surface area (Å²) in [5.74, 6) is 0.0533. The van der Waals surface area contributed by atoms with Crippen LogP contribution in [0.5, 0.6) is 0 Å². The first kappa shape index (κ1) is 9.73. The summed E-state index contributed by atoms with van der Waals surface area (Å²) in [6.07, 6.45) is 2.06. The third kappa shape index (κ3) is 3.70. The van der Waals surface area contributed by atoms with Crippen molar-refractivity contribution in [2.24, 2.45) is 0 Å². The van der Waals surface area contributed by atoms with Crippen LogP contribution in [0, 0.1) is 11.5 Å². The Morgan fingerprint density at radius 1 is 1.90 bits per heavy atom. The Kier molecular flexibility index (Phi) is 5.36. The molecule has 56 valence electrons. The molecule has 0 aliphatic rings. The van der Waals surface area contributed by atoms with Crippen LogP contribution >= 0.6 is 27.5 Å². The number of amides is 1. The molecule has 0 aromatic carbocycles. The normalized spacial score (nSPS) is 11.7. The summed E-state index contributed by atoms with van der Waals surface area (Å²) in [4.78, 5) is 10.3. The van der Waals surface area contributed by atoms with Crippen LogP contribution in [0.1, 0.15) is 6.42 Å². The third-order valence-corrected chi connectivity index (χ3v) is 1.92. The van der Waals surface area contributed by atoms with E-state index in [1.807, 2.05) is 5.32 Å². The van der Waals surface area contributed by atoms with Gasteiger partial charge in [0, 0.05) is 5.88 Å². The topological polar surface area (TPSA) is 52.9 Å². The van der Waals surface area contributed by atoms with Crippen LogP contribution in [-0.2, 0) is 4.79 Å². The summed E-state index contributed by atoms with van der Waals surface area (Å²) in [6, 6.07) is 0. The maximum Gasteiger partial charge on any atom is 0.246 e. The molecule has 0 fully saturated rings. The van der Waals surface area contributed by atoms with Crippen molar-refractivity contribution in [2.75, 3.05) is 5.88 Å². The summed E-state index contributed by atoms with van der Waals surface area (Å²) < 4.78 is 0. The molecule has 0 rings (SSSR count). The van der Waals surface area contributed by atoms with Crippen molar-refractivity contribution in [3.05, 3.63) is 0 Å². The molecule has 1 unspecified atom stereocenters. The zero-order chi connectivity index (χ0) is 7.98. The average Bonchev–Trinajstić information content (AvgIpc) is 1.89. The minimum Gasteiger partial charge on any atom is -0.273 e. The Morgan fingerprint density at radius 2 is 2.50 bits per heavy atom. The number of nitrogens with zero attached hydrogens (tertiary/aromatic N) is 1. The van der Waals surface area contributed by atoms with E-state index in [0.29, 0.717) is 12.3 Å². The van der Waals surface area contributed by atoms with E-state index in [-0.39, 0.29) is 10.7 Å². The molecule has 3 nitrogen and oxygen atoms in total. The summed E-state index contributed by atoms with van der Waals surface area (Å²) in [6.45, 7) is 0. The Bertz CT molecular complexity index is 156. The predicted molar refractivity (Wildman–Crippen MR) is 41.8 cm³/mol. The molecule has 0 aliphatic carbocycles. The molecule has 5 heteroatoms. The third-order valence-electron chi connectivity index (χ3n) is 0.826. The summed E-state index contributed by atoms with van der Waals surface area (Å²) in [5, 5.41) is 10.0. The maximum atomic E-state index is 10.7. The van der Waals surface area contributed by atoms with E-state index >= 15 is 0 Å². The van der Waals surface area contributed by atoms with Gasteiger partial charge in [0.2, 0.25) is 5.91 Å². The van der Waals surface area contributed by atoms with Crippen LogP contribution in [0.3, 0.4) is 0 Å². The summed E-state index contributed by atoms with van der Waals surface area (Å²) in [5.41, 5.74) is 0. The van der Waals surface area contributed by atoms with Crippen molar-refractivity contribution in [3.8, 4) is 6.19 Å². The molecule has 10 heavy (non-hydrogen) atoms. The minimum atomic E-state index is -0.357. The highest BCUT2D eigenvalue weighted by Crippen LogP contribution is 2.05. The molecule has 0 bridgehead atoms. The average molecular weight is 225 g/mol. The quantitative estimate of drug-likeness (QED) is 0.442.